The Kier molecular flexibility index (Phi) is 3.23. The van der Waals surface area contributed by atoms with E-state index >= 15 is 0 Å². The zero-order chi connectivity index (χ0) is 13.1. The molecule has 4 nitrogen and oxygen atoms in total. The van der Waals surface area contributed by atoms with Gasteiger partial charge in [0.1, 0.15) is 11.6 Å². The molecule has 5 heteroatoms. The van der Waals surface area contributed by atoms with Crippen molar-refractivity contribution in [3.63, 3.8) is 0 Å². The Hall–Kier alpha value is -2.43. The van der Waals surface area contributed by atoms with E-state index in [0.29, 0.717) is 5.69 Å². The SMILES string of the molecule is COC(=O)c1ccc(F)c(-c2cccc(N)n2)c1. The highest BCUT2D eigenvalue weighted by Crippen LogP contribution is 2.23. The van der Waals surface area contributed by atoms with E-state index in [4.69, 9.17) is 5.73 Å². The summed E-state index contributed by atoms with van der Waals surface area (Å²) in [7, 11) is 1.27. The molecule has 0 bridgehead atoms. The van der Waals surface area contributed by atoms with Crippen molar-refractivity contribution in [3.05, 3.63) is 47.8 Å². The van der Waals surface area contributed by atoms with Gasteiger partial charge in [0.25, 0.3) is 0 Å². The second-order valence-corrected chi connectivity index (χ2v) is 3.63. The third-order valence-electron chi connectivity index (χ3n) is 2.43. The van der Waals surface area contributed by atoms with E-state index < -0.39 is 11.8 Å². The highest BCUT2D eigenvalue weighted by Gasteiger charge is 2.12. The number of carbonyl (C=O) groups excluding carboxylic acids is 1. The third-order valence-corrected chi connectivity index (χ3v) is 2.43. The Bertz CT molecular complexity index is 599. The van der Waals surface area contributed by atoms with Gasteiger partial charge in [0.05, 0.1) is 18.4 Å². The van der Waals surface area contributed by atoms with Gasteiger partial charge in [-0.25, -0.2) is 14.2 Å². The minimum Gasteiger partial charge on any atom is -0.465 e. The van der Waals surface area contributed by atoms with Crippen LogP contribution >= 0.6 is 0 Å². The van der Waals surface area contributed by atoms with E-state index in [-0.39, 0.29) is 16.9 Å². The Labute approximate surface area is 103 Å². The van der Waals surface area contributed by atoms with Crippen LogP contribution in [0.15, 0.2) is 36.4 Å². The highest BCUT2D eigenvalue weighted by atomic mass is 19.1. The van der Waals surface area contributed by atoms with Crippen molar-refractivity contribution >= 4 is 11.8 Å². The smallest absolute Gasteiger partial charge is 0.337 e. The Morgan fingerprint density at radius 2 is 2.11 bits per heavy atom. The predicted molar refractivity (Wildman–Crippen MR) is 65.4 cm³/mol. The van der Waals surface area contributed by atoms with Crippen molar-refractivity contribution in [1.82, 2.24) is 4.98 Å². The molecule has 0 amide bonds. The maximum Gasteiger partial charge on any atom is 0.337 e. The number of hydrogen-bond donors (Lipinski definition) is 1. The average molecular weight is 246 g/mol. The van der Waals surface area contributed by atoms with Crippen LogP contribution in [0.2, 0.25) is 0 Å². The molecule has 1 aromatic heterocycles. The van der Waals surface area contributed by atoms with Gasteiger partial charge >= 0.3 is 5.97 Å². The first kappa shape index (κ1) is 12.0. The minimum absolute atomic E-state index is 0.213. The molecular weight excluding hydrogens is 235 g/mol. The van der Waals surface area contributed by atoms with Crippen molar-refractivity contribution in [2.75, 3.05) is 12.8 Å². The van der Waals surface area contributed by atoms with Crippen LogP contribution in [0.4, 0.5) is 10.2 Å². The van der Waals surface area contributed by atoms with E-state index in [1.807, 2.05) is 0 Å². The number of methoxy groups -OCH3 is 1. The molecule has 1 aromatic carbocycles. The number of rotatable bonds is 2. The molecule has 1 heterocycles. The molecule has 0 atom stereocenters. The van der Waals surface area contributed by atoms with Crippen LogP contribution < -0.4 is 5.73 Å². The predicted octanol–water partition coefficient (Wildman–Crippen LogP) is 2.26. The summed E-state index contributed by atoms with van der Waals surface area (Å²) in [6.45, 7) is 0. The second kappa shape index (κ2) is 4.83. The van der Waals surface area contributed by atoms with Crippen LogP contribution in [0.1, 0.15) is 10.4 Å². The zero-order valence-electron chi connectivity index (χ0n) is 9.68. The molecule has 92 valence electrons. The molecule has 2 aromatic rings. The Morgan fingerprint density at radius 3 is 2.78 bits per heavy atom. The van der Waals surface area contributed by atoms with E-state index in [2.05, 4.69) is 9.72 Å². The van der Waals surface area contributed by atoms with Gasteiger partial charge < -0.3 is 10.5 Å². The number of aromatic nitrogens is 1. The van der Waals surface area contributed by atoms with E-state index in [1.165, 1.54) is 25.3 Å². The van der Waals surface area contributed by atoms with Crippen LogP contribution in [0.3, 0.4) is 0 Å². The summed E-state index contributed by atoms with van der Waals surface area (Å²) >= 11 is 0. The van der Waals surface area contributed by atoms with Crippen LogP contribution in [0.5, 0.6) is 0 Å². The lowest BCUT2D eigenvalue weighted by Gasteiger charge is -2.06. The number of anilines is 1. The van der Waals surface area contributed by atoms with Crippen LogP contribution in [0, 0.1) is 5.82 Å². The van der Waals surface area contributed by atoms with Crippen LogP contribution in [-0.4, -0.2) is 18.1 Å². The van der Waals surface area contributed by atoms with Crippen LogP contribution in [0.25, 0.3) is 11.3 Å². The average Bonchev–Trinajstić information content (AvgIpc) is 2.38. The third kappa shape index (κ3) is 2.29. The number of carbonyl (C=O) groups is 1. The molecule has 0 spiro atoms. The number of halogens is 1. The summed E-state index contributed by atoms with van der Waals surface area (Å²) in [5, 5.41) is 0. The maximum absolute atomic E-state index is 13.7. The number of hydrogen-bond acceptors (Lipinski definition) is 4. The molecule has 0 radical (unpaired) electrons. The molecule has 0 aliphatic carbocycles. The molecule has 18 heavy (non-hydrogen) atoms. The van der Waals surface area contributed by atoms with Gasteiger partial charge in [0.15, 0.2) is 0 Å². The van der Waals surface area contributed by atoms with Gasteiger partial charge in [0, 0.05) is 5.56 Å². The molecule has 0 unspecified atom stereocenters. The monoisotopic (exact) mass is 246 g/mol. The number of esters is 1. The Balaban J connectivity index is 2.53. The molecular formula is C13H11FN2O2. The number of pyridine rings is 1. The lowest BCUT2D eigenvalue weighted by atomic mass is 10.1. The van der Waals surface area contributed by atoms with Gasteiger partial charge in [-0.3, -0.25) is 0 Å². The van der Waals surface area contributed by atoms with Crippen molar-refractivity contribution in [3.8, 4) is 11.3 Å². The number of ether oxygens (including phenoxy) is 1. The quantitative estimate of drug-likeness (QED) is 0.825. The second-order valence-electron chi connectivity index (χ2n) is 3.63. The molecule has 0 fully saturated rings. The molecule has 2 N–H and O–H groups in total. The van der Waals surface area contributed by atoms with Crippen molar-refractivity contribution < 1.29 is 13.9 Å². The summed E-state index contributed by atoms with van der Waals surface area (Å²) in [6.07, 6.45) is 0. The first-order chi connectivity index (χ1) is 8.61. The fraction of sp³-hybridized carbons (Fsp3) is 0.0769. The molecule has 2 rings (SSSR count). The maximum atomic E-state index is 13.7. The standard InChI is InChI=1S/C13H11FN2O2/c1-18-13(17)8-5-6-10(14)9(7-8)11-3-2-4-12(15)16-11/h2-7H,1H3,(H2,15,16). The van der Waals surface area contributed by atoms with Gasteiger partial charge in [-0.2, -0.15) is 0 Å². The largest absolute Gasteiger partial charge is 0.465 e. The fourth-order valence-corrected chi connectivity index (χ4v) is 1.57. The molecule has 0 saturated heterocycles. The summed E-state index contributed by atoms with van der Waals surface area (Å²) < 4.78 is 18.3. The lowest BCUT2D eigenvalue weighted by Crippen LogP contribution is -2.02. The number of nitrogen functional groups attached to an aromatic ring is 1. The number of benzene rings is 1. The lowest BCUT2D eigenvalue weighted by molar-refractivity contribution is 0.0600. The van der Waals surface area contributed by atoms with Gasteiger partial charge in [-0.1, -0.05) is 6.07 Å². The minimum atomic E-state index is -0.528. The Morgan fingerprint density at radius 1 is 1.33 bits per heavy atom. The highest BCUT2D eigenvalue weighted by molar-refractivity contribution is 5.90. The fourth-order valence-electron chi connectivity index (χ4n) is 1.57. The summed E-state index contributed by atoms with van der Waals surface area (Å²) in [5.74, 6) is -0.712. The first-order valence-electron chi connectivity index (χ1n) is 5.22. The molecule has 0 aliphatic heterocycles. The van der Waals surface area contributed by atoms with Gasteiger partial charge in [-0.15, -0.1) is 0 Å². The van der Waals surface area contributed by atoms with Gasteiger partial charge in [0.2, 0.25) is 0 Å². The van der Waals surface area contributed by atoms with Gasteiger partial charge in [-0.05, 0) is 30.3 Å². The summed E-state index contributed by atoms with van der Waals surface area (Å²) in [5.41, 5.74) is 6.39. The number of nitrogens with zero attached hydrogens (tertiary/aromatic N) is 1. The van der Waals surface area contributed by atoms with E-state index in [9.17, 15) is 9.18 Å². The number of nitrogens with two attached hydrogens (primary N) is 1. The topological polar surface area (TPSA) is 65.2 Å². The van der Waals surface area contributed by atoms with Crippen molar-refractivity contribution in [2.45, 2.75) is 0 Å². The van der Waals surface area contributed by atoms with Crippen molar-refractivity contribution in [2.24, 2.45) is 0 Å². The summed E-state index contributed by atoms with van der Waals surface area (Å²) in [6, 6.07) is 8.84. The van der Waals surface area contributed by atoms with E-state index in [1.54, 1.807) is 18.2 Å². The normalized spacial score (nSPS) is 10.1. The van der Waals surface area contributed by atoms with Crippen LogP contribution in [-0.2, 0) is 4.74 Å². The molecule has 0 saturated carbocycles. The van der Waals surface area contributed by atoms with Crippen molar-refractivity contribution in [1.29, 1.82) is 0 Å². The van der Waals surface area contributed by atoms with E-state index in [0.717, 1.165) is 0 Å². The zero-order valence-corrected chi connectivity index (χ0v) is 9.68. The first-order valence-corrected chi connectivity index (χ1v) is 5.22. The molecule has 0 aliphatic rings. The summed E-state index contributed by atoms with van der Waals surface area (Å²) in [4.78, 5) is 15.4.